The summed E-state index contributed by atoms with van der Waals surface area (Å²) in [6, 6.07) is 5.09. The standard InChI is InChI=1S/C9H7F3NO4P/c10-9(11,12)8(14)13-7-3-1-6(2-4-7)5-17-18(15)16/h1-4H,5H2,(H,13,14). The monoisotopic (exact) mass is 281 g/mol. The summed E-state index contributed by atoms with van der Waals surface area (Å²) in [4.78, 5) is 20.7. The van der Waals surface area contributed by atoms with Crippen molar-refractivity contribution in [1.82, 2.24) is 0 Å². The van der Waals surface area contributed by atoms with Crippen LogP contribution < -0.4 is 10.2 Å². The van der Waals surface area contributed by atoms with E-state index in [0.717, 1.165) is 0 Å². The second-order valence-corrected chi connectivity index (χ2v) is 3.85. The molecule has 0 saturated heterocycles. The van der Waals surface area contributed by atoms with Crippen LogP contribution in [0.5, 0.6) is 0 Å². The summed E-state index contributed by atoms with van der Waals surface area (Å²) < 4.78 is 50.2. The van der Waals surface area contributed by atoms with Crippen molar-refractivity contribution >= 4 is 19.8 Å². The summed E-state index contributed by atoms with van der Waals surface area (Å²) in [7, 11) is -2.98. The van der Waals surface area contributed by atoms with Crippen molar-refractivity contribution in [1.29, 1.82) is 0 Å². The number of nitrogens with one attached hydrogen (secondary N) is 1. The van der Waals surface area contributed by atoms with Gasteiger partial charge < -0.3 is 10.2 Å². The zero-order valence-electron chi connectivity index (χ0n) is 8.73. The van der Waals surface area contributed by atoms with E-state index in [1.807, 2.05) is 0 Å². The Balaban J connectivity index is 2.60. The first-order chi connectivity index (χ1) is 8.29. The van der Waals surface area contributed by atoms with Gasteiger partial charge in [-0.05, 0) is 22.3 Å². The molecule has 1 unspecified atom stereocenters. The SMILES string of the molecule is O=C(Nc1ccc(CO[P+](=O)[O-])cc1)C(F)(F)F. The van der Waals surface area contributed by atoms with Crippen molar-refractivity contribution in [3.05, 3.63) is 29.8 Å². The summed E-state index contributed by atoms with van der Waals surface area (Å²) in [5.74, 6) is -2.07. The highest BCUT2D eigenvalue weighted by atomic mass is 31.1. The molecule has 5 nitrogen and oxygen atoms in total. The first kappa shape index (κ1) is 14.6. The van der Waals surface area contributed by atoms with Crippen LogP contribution in [0.2, 0.25) is 0 Å². The molecule has 0 saturated carbocycles. The van der Waals surface area contributed by atoms with Gasteiger partial charge in [-0.25, -0.2) is 0 Å². The molecule has 0 aliphatic heterocycles. The molecule has 0 fully saturated rings. The Kier molecular flexibility index (Phi) is 4.77. The average molecular weight is 281 g/mol. The minimum atomic E-state index is -4.96. The lowest BCUT2D eigenvalue weighted by molar-refractivity contribution is -0.186. The summed E-state index contributed by atoms with van der Waals surface area (Å²) in [6.45, 7) is -0.216. The molecule has 0 spiro atoms. The lowest BCUT2D eigenvalue weighted by atomic mass is 10.2. The van der Waals surface area contributed by atoms with E-state index in [1.54, 1.807) is 5.32 Å². The van der Waals surface area contributed by atoms with Crippen LogP contribution in [0.4, 0.5) is 18.9 Å². The number of hydrogen-bond donors (Lipinski definition) is 1. The molecule has 0 aliphatic carbocycles. The van der Waals surface area contributed by atoms with Crippen LogP contribution >= 0.6 is 8.25 Å². The van der Waals surface area contributed by atoms with E-state index < -0.39 is 20.3 Å². The summed E-state index contributed by atoms with van der Waals surface area (Å²) in [5.41, 5.74) is 0.395. The highest BCUT2D eigenvalue weighted by Crippen LogP contribution is 2.19. The van der Waals surface area contributed by atoms with Crippen molar-refractivity contribution in [3.63, 3.8) is 0 Å². The molecule has 0 radical (unpaired) electrons. The van der Waals surface area contributed by atoms with Gasteiger partial charge in [0.2, 0.25) is 0 Å². The molecule has 1 rings (SSSR count). The predicted octanol–water partition coefficient (Wildman–Crippen LogP) is 1.72. The van der Waals surface area contributed by atoms with E-state index in [4.69, 9.17) is 0 Å². The molecule has 0 aromatic heterocycles. The number of halogens is 3. The van der Waals surface area contributed by atoms with E-state index in [9.17, 15) is 27.4 Å². The van der Waals surface area contributed by atoms with Gasteiger partial charge in [0.25, 0.3) is 0 Å². The van der Waals surface area contributed by atoms with Crippen molar-refractivity contribution in [3.8, 4) is 0 Å². The van der Waals surface area contributed by atoms with Crippen molar-refractivity contribution in [2.24, 2.45) is 0 Å². The summed E-state index contributed by atoms with van der Waals surface area (Å²) >= 11 is 0. The molecular formula is C9H7F3NO4P. The highest BCUT2D eigenvalue weighted by Gasteiger charge is 2.38. The van der Waals surface area contributed by atoms with E-state index in [-0.39, 0.29) is 12.3 Å². The minimum absolute atomic E-state index is 0.0485. The first-order valence-corrected chi connectivity index (χ1v) is 5.63. The van der Waals surface area contributed by atoms with Crippen molar-refractivity contribution < 1.29 is 31.9 Å². The third kappa shape index (κ3) is 4.79. The third-order valence-electron chi connectivity index (χ3n) is 1.81. The normalized spacial score (nSPS) is 12.1. The number of carbonyl (C=O) groups excluding carboxylic acids is 1. The van der Waals surface area contributed by atoms with E-state index >= 15 is 0 Å². The molecule has 0 aliphatic rings. The second kappa shape index (κ2) is 5.90. The zero-order chi connectivity index (χ0) is 13.8. The van der Waals surface area contributed by atoms with Crippen LogP contribution in [-0.2, 0) is 20.5 Å². The second-order valence-electron chi connectivity index (χ2n) is 3.15. The van der Waals surface area contributed by atoms with Gasteiger partial charge in [-0.15, -0.1) is 4.52 Å². The lowest BCUT2D eigenvalue weighted by Gasteiger charge is -2.08. The molecule has 9 heteroatoms. The van der Waals surface area contributed by atoms with E-state index in [0.29, 0.717) is 5.56 Å². The van der Waals surface area contributed by atoms with Gasteiger partial charge in [0.15, 0.2) is 0 Å². The number of rotatable bonds is 4. The van der Waals surface area contributed by atoms with Gasteiger partial charge in [-0.3, -0.25) is 4.79 Å². The van der Waals surface area contributed by atoms with Gasteiger partial charge in [0.05, 0.1) is 0 Å². The number of amides is 1. The van der Waals surface area contributed by atoms with Gasteiger partial charge in [0, 0.05) is 5.69 Å². The van der Waals surface area contributed by atoms with Crippen LogP contribution in [0.15, 0.2) is 24.3 Å². The molecule has 1 aromatic rings. The highest BCUT2D eigenvalue weighted by molar-refractivity contribution is 7.30. The summed E-state index contributed by atoms with van der Waals surface area (Å²) in [5, 5.41) is 1.65. The fourth-order valence-electron chi connectivity index (χ4n) is 1.01. The topological polar surface area (TPSA) is 78.5 Å². The molecule has 1 atom stereocenters. The molecule has 0 heterocycles. The maximum atomic E-state index is 11.9. The minimum Gasteiger partial charge on any atom is -0.566 e. The van der Waals surface area contributed by atoms with Crippen LogP contribution in [0, 0.1) is 0 Å². The lowest BCUT2D eigenvalue weighted by Crippen LogP contribution is -2.29. The van der Waals surface area contributed by atoms with Gasteiger partial charge in [-0.1, -0.05) is 12.1 Å². The van der Waals surface area contributed by atoms with Crippen molar-refractivity contribution in [2.75, 3.05) is 5.32 Å². The molecular weight excluding hydrogens is 274 g/mol. The average Bonchev–Trinajstić information content (AvgIpc) is 2.26. The predicted molar refractivity (Wildman–Crippen MR) is 53.5 cm³/mol. The molecule has 1 N–H and O–H groups in total. The Morgan fingerprint density at radius 2 is 1.89 bits per heavy atom. The van der Waals surface area contributed by atoms with Gasteiger partial charge in [-0.2, -0.15) is 13.2 Å². The Hall–Kier alpha value is -1.50. The summed E-state index contributed by atoms with van der Waals surface area (Å²) in [6.07, 6.45) is -4.96. The molecule has 0 bridgehead atoms. The van der Waals surface area contributed by atoms with Crippen LogP contribution in [0.3, 0.4) is 0 Å². The zero-order valence-corrected chi connectivity index (χ0v) is 9.63. The fraction of sp³-hybridized carbons (Fsp3) is 0.222. The smallest absolute Gasteiger partial charge is 0.488 e. The number of carbonyl (C=O) groups is 1. The first-order valence-electron chi connectivity index (χ1n) is 4.53. The Labute approximate surface area is 101 Å². The number of hydrogen-bond acceptors (Lipinski definition) is 4. The quantitative estimate of drug-likeness (QED) is 0.852. The Morgan fingerprint density at radius 1 is 1.33 bits per heavy atom. The van der Waals surface area contributed by atoms with Gasteiger partial charge in [0.1, 0.15) is 6.61 Å². The fourth-order valence-corrected chi connectivity index (χ4v) is 1.27. The Morgan fingerprint density at radius 3 is 2.33 bits per heavy atom. The van der Waals surface area contributed by atoms with Crippen LogP contribution in [0.25, 0.3) is 0 Å². The molecule has 1 amide bonds. The number of alkyl halides is 3. The molecule has 98 valence electrons. The Bertz CT molecular complexity index is 446. The van der Waals surface area contributed by atoms with Crippen molar-refractivity contribution in [2.45, 2.75) is 12.8 Å². The number of benzene rings is 1. The third-order valence-corrected chi connectivity index (χ3v) is 2.15. The van der Waals surface area contributed by atoms with E-state index in [1.165, 1.54) is 24.3 Å². The largest absolute Gasteiger partial charge is 0.566 e. The molecule has 18 heavy (non-hydrogen) atoms. The molecule has 1 aromatic carbocycles. The van der Waals surface area contributed by atoms with E-state index in [2.05, 4.69) is 4.52 Å². The van der Waals surface area contributed by atoms with Crippen LogP contribution in [0.1, 0.15) is 5.56 Å². The maximum absolute atomic E-state index is 11.9. The maximum Gasteiger partial charge on any atom is 0.488 e. The van der Waals surface area contributed by atoms with Crippen LogP contribution in [-0.4, -0.2) is 12.1 Å². The van der Waals surface area contributed by atoms with Gasteiger partial charge >= 0.3 is 20.3 Å². The number of anilines is 1.